The van der Waals surface area contributed by atoms with Gasteiger partial charge < -0.3 is 20.5 Å². The van der Waals surface area contributed by atoms with Gasteiger partial charge >= 0.3 is 18.0 Å². The van der Waals surface area contributed by atoms with E-state index in [0.29, 0.717) is 5.69 Å². The molecule has 1 rings (SSSR count). The Balaban J connectivity index is 2.54. The van der Waals surface area contributed by atoms with Crippen molar-refractivity contribution in [2.75, 3.05) is 12.4 Å². The summed E-state index contributed by atoms with van der Waals surface area (Å²) in [4.78, 5) is 33.8. The van der Waals surface area contributed by atoms with Crippen LogP contribution in [0.15, 0.2) is 24.3 Å². The minimum absolute atomic E-state index is 0.0384. The molecule has 2 amide bonds. The lowest BCUT2D eigenvalue weighted by atomic mass is 10.1. The van der Waals surface area contributed by atoms with Crippen LogP contribution < -0.4 is 10.6 Å². The van der Waals surface area contributed by atoms with Crippen LogP contribution in [0.25, 0.3) is 0 Å². The van der Waals surface area contributed by atoms with Gasteiger partial charge in [0.15, 0.2) is 0 Å². The van der Waals surface area contributed by atoms with Gasteiger partial charge in [-0.3, -0.25) is 4.79 Å². The standard InChI is InChI=1S/C14H18N2O5/c1-9-3-5-10(6-4-9)15-14(20)16-11(13(18)19)7-8-12(17)21-2/h3-6,11H,7-8H2,1-2H3,(H,18,19)(H2,15,16,20). The van der Waals surface area contributed by atoms with Crippen molar-refractivity contribution in [3.8, 4) is 0 Å². The van der Waals surface area contributed by atoms with E-state index in [9.17, 15) is 14.4 Å². The zero-order valence-electron chi connectivity index (χ0n) is 11.9. The quantitative estimate of drug-likeness (QED) is 0.690. The summed E-state index contributed by atoms with van der Waals surface area (Å²) in [6.07, 6.45) is -0.123. The first-order chi connectivity index (χ1) is 9.92. The average molecular weight is 294 g/mol. The van der Waals surface area contributed by atoms with Crippen molar-refractivity contribution in [2.45, 2.75) is 25.8 Å². The maximum absolute atomic E-state index is 11.7. The summed E-state index contributed by atoms with van der Waals surface area (Å²) >= 11 is 0. The smallest absolute Gasteiger partial charge is 0.326 e. The van der Waals surface area contributed by atoms with Crippen molar-refractivity contribution in [3.05, 3.63) is 29.8 Å². The van der Waals surface area contributed by atoms with Crippen LogP contribution in [0, 0.1) is 6.92 Å². The molecule has 3 N–H and O–H groups in total. The SMILES string of the molecule is COC(=O)CCC(NC(=O)Nc1ccc(C)cc1)C(=O)O. The highest BCUT2D eigenvalue weighted by Gasteiger charge is 2.21. The van der Waals surface area contributed by atoms with Crippen LogP contribution in [0.1, 0.15) is 18.4 Å². The number of methoxy groups -OCH3 is 1. The van der Waals surface area contributed by atoms with Gasteiger partial charge in [-0.25, -0.2) is 9.59 Å². The second-order valence-electron chi connectivity index (χ2n) is 4.47. The number of carboxylic acid groups (broad SMARTS) is 1. The maximum atomic E-state index is 11.7. The third-order valence-electron chi connectivity index (χ3n) is 2.78. The first kappa shape index (κ1) is 16.5. The fraction of sp³-hybridized carbons (Fsp3) is 0.357. The number of amides is 2. The molecule has 7 heteroatoms. The number of ether oxygens (including phenoxy) is 1. The number of nitrogens with one attached hydrogen (secondary N) is 2. The minimum atomic E-state index is -1.21. The monoisotopic (exact) mass is 294 g/mol. The Morgan fingerprint density at radius 3 is 2.38 bits per heavy atom. The molecular formula is C14H18N2O5. The minimum Gasteiger partial charge on any atom is -0.480 e. The molecule has 0 radical (unpaired) electrons. The Kier molecular flexibility index (Phi) is 6.19. The van der Waals surface area contributed by atoms with E-state index in [0.717, 1.165) is 5.56 Å². The number of anilines is 1. The van der Waals surface area contributed by atoms with E-state index in [4.69, 9.17) is 5.11 Å². The summed E-state index contributed by atoms with van der Waals surface area (Å²) in [5.41, 5.74) is 1.60. The molecule has 0 aliphatic heterocycles. The van der Waals surface area contributed by atoms with Crippen LogP contribution in [0.2, 0.25) is 0 Å². The maximum Gasteiger partial charge on any atom is 0.326 e. The number of hydrogen-bond acceptors (Lipinski definition) is 4. The highest BCUT2D eigenvalue weighted by molar-refractivity contribution is 5.92. The Morgan fingerprint density at radius 2 is 1.86 bits per heavy atom. The molecule has 0 aromatic heterocycles. The van der Waals surface area contributed by atoms with Gasteiger partial charge in [0.25, 0.3) is 0 Å². The Bertz CT molecular complexity index is 513. The number of carbonyl (C=O) groups excluding carboxylic acids is 2. The van der Waals surface area contributed by atoms with Crippen molar-refractivity contribution in [2.24, 2.45) is 0 Å². The van der Waals surface area contributed by atoms with Crippen LogP contribution in [0.4, 0.5) is 10.5 Å². The van der Waals surface area contributed by atoms with E-state index in [1.807, 2.05) is 19.1 Å². The van der Waals surface area contributed by atoms with E-state index < -0.39 is 24.0 Å². The summed E-state index contributed by atoms with van der Waals surface area (Å²) in [5, 5.41) is 13.8. The highest BCUT2D eigenvalue weighted by atomic mass is 16.5. The second-order valence-corrected chi connectivity index (χ2v) is 4.47. The van der Waals surface area contributed by atoms with Gasteiger partial charge in [-0.1, -0.05) is 17.7 Å². The van der Waals surface area contributed by atoms with Crippen LogP contribution in [0.3, 0.4) is 0 Å². The predicted octanol–water partition coefficient (Wildman–Crippen LogP) is 1.52. The van der Waals surface area contributed by atoms with Gasteiger partial charge in [0.2, 0.25) is 0 Å². The molecule has 0 aliphatic rings. The van der Waals surface area contributed by atoms with Gasteiger partial charge in [0.1, 0.15) is 6.04 Å². The fourth-order valence-electron chi connectivity index (χ4n) is 1.58. The molecule has 0 heterocycles. The predicted molar refractivity (Wildman–Crippen MR) is 76.0 cm³/mol. The summed E-state index contributed by atoms with van der Waals surface area (Å²) in [5.74, 6) is -1.74. The zero-order valence-corrected chi connectivity index (χ0v) is 11.9. The van der Waals surface area contributed by atoms with Gasteiger partial charge in [-0.2, -0.15) is 0 Å². The molecule has 0 spiro atoms. The van der Waals surface area contributed by atoms with Crippen LogP contribution in [0.5, 0.6) is 0 Å². The van der Waals surface area contributed by atoms with E-state index >= 15 is 0 Å². The van der Waals surface area contributed by atoms with Gasteiger partial charge in [0.05, 0.1) is 7.11 Å². The topological polar surface area (TPSA) is 105 Å². The number of urea groups is 1. The molecule has 0 aliphatic carbocycles. The van der Waals surface area contributed by atoms with Crippen LogP contribution in [-0.4, -0.2) is 36.2 Å². The normalized spacial score (nSPS) is 11.3. The average Bonchev–Trinajstić information content (AvgIpc) is 2.45. The number of carbonyl (C=O) groups is 3. The second kappa shape index (κ2) is 7.88. The number of rotatable bonds is 6. The fourth-order valence-corrected chi connectivity index (χ4v) is 1.58. The van der Waals surface area contributed by atoms with Crippen molar-refractivity contribution in [3.63, 3.8) is 0 Å². The summed E-state index contributed by atoms with van der Waals surface area (Å²) in [7, 11) is 1.22. The van der Waals surface area contributed by atoms with E-state index in [2.05, 4.69) is 15.4 Å². The first-order valence-corrected chi connectivity index (χ1v) is 6.36. The lowest BCUT2D eigenvalue weighted by molar-refractivity contribution is -0.142. The molecule has 114 valence electrons. The largest absolute Gasteiger partial charge is 0.480 e. The molecular weight excluding hydrogens is 276 g/mol. The molecule has 0 fully saturated rings. The Morgan fingerprint density at radius 1 is 1.24 bits per heavy atom. The Labute approximate surface area is 122 Å². The molecule has 0 bridgehead atoms. The van der Waals surface area contributed by atoms with Crippen molar-refractivity contribution < 1.29 is 24.2 Å². The molecule has 7 nitrogen and oxygen atoms in total. The number of aryl methyl sites for hydroxylation is 1. The zero-order chi connectivity index (χ0) is 15.8. The van der Waals surface area contributed by atoms with E-state index in [1.165, 1.54) is 7.11 Å². The third-order valence-corrected chi connectivity index (χ3v) is 2.78. The molecule has 0 saturated heterocycles. The highest BCUT2D eigenvalue weighted by Crippen LogP contribution is 2.08. The lowest BCUT2D eigenvalue weighted by Gasteiger charge is -2.14. The summed E-state index contributed by atoms with van der Waals surface area (Å²) in [6, 6.07) is 5.26. The summed E-state index contributed by atoms with van der Waals surface area (Å²) < 4.78 is 4.43. The van der Waals surface area contributed by atoms with Gasteiger partial charge in [-0.05, 0) is 25.5 Å². The van der Waals surface area contributed by atoms with Crippen LogP contribution in [-0.2, 0) is 14.3 Å². The van der Waals surface area contributed by atoms with Crippen molar-refractivity contribution >= 4 is 23.7 Å². The molecule has 1 atom stereocenters. The summed E-state index contributed by atoms with van der Waals surface area (Å²) in [6.45, 7) is 1.91. The first-order valence-electron chi connectivity index (χ1n) is 6.36. The molecule has 0 saturated carbocycles. The Hall–Kier alpha value is -2.57. The van der Waals surface area contributed by atoms with Crippen molar-refractivity contribution in [1.29, 1.82) is 0 Å². The number of hydrogen-bond donors (Lipinski definition) is 3. The number of aliphatic carboxylic acids is 1. The van der Waals surface area contributed by atoms with E-state index in [-0.39, 0.29) is 12.8 Å². The molecule has 21 heavy (non-hydrogen) atoms. The third kappa shape index (κ3) is 5.94. The van der Waals surface area contributed by atoms with Gasteiger partial charge in [0, 0.05) is 12.1 Å². The molecule has 1 aromatic rings. The number of benzene rings is 1. The van der Waals surface area contributed by atoms with Crippen molar-refractivity contribution in [1.82, 2.24) is 5.32 Å². The van der Waals surface area contributed by atoms with Gasteiger partial charge in [-0.15, -0.1) is 0 Å². The lowest BCUT2D eigenvalue weighted by Crippen LogP contribution is -2.43. The van der Waals surface area contributed by atoms with E-state index in [1.54, 1.807) is 12.1 Å². The molecule has 1 aromatic carbocycles. The number of carboxylic acids is 1. The molecule has 1 unspecified atom stereocenters. The van der Waals surface area contributed by atoms with Crippen LogP contribution >= 0.6 is 0 Å². The number of esters is 1.